The summed E-state index contributed by atoms with van der Waals surface area (Å²) in [6, 6.07) is 11.1. The van der Waals surface area contributed by atoms with Crippen LogP contribution in [0.5, 0.6) is 0 Å². The summed E-state index contributed by atoms with van der Waals surface area (Å²) in [6.45, 7) is 4.46. The number of sulfonamides is 2. The lowest BCUT2D eigenvalue weighted by molar-refractivity contribution is -0.123. The quantitative estimate of drug-likeness (QED) is 0.716. The molecule has 1 fully saturated rings. The van der Waals surface area contributed by atoms with Crippen LogP contribution in [0, 0.1) is 5.41 Å². The second-order valence-electron chi connectivity index (χ2n) is 7.57. The van der Waals surface area contributed by atoms with E-state index in [1.54, 1.807) is 26.0 Å². The third-order valence-electron chi connectivity index (χ3n) is 4.42. The summed E-state index contributed by atoms with van der Waals surface area (Å²) >= 11 is 0. The Morgan fingerprint density at radius 2 is 1.53 bits per heavy atom. The fourth-order valence-corrected chi connectivity index (χ4v) is 6.23. The summed E-state index contributed by atoms with van der Waals surface area (Å²) in [5, 5.41) is 2.58. The van der Waals surface area contributed by atoms with Gasteiger partial charge in [-0.2, -0.15) is 0 Å². The number of carbonyl (C=O) groups excluding carboxylic acids is 2. The van der Waals surface area contributed by atoms with Gasteiger partial charge in [-0.05, 0) is 62.4 Å². The number of anilines is 3. The normalized spacial score (nSPS) is 17.6. The Balaban J connectivity index is 1.82. The topological polar surface area (TPSA) is 130 Å². The average Bonchev–Trinajstić information content (AvgIpc) is 2.79. The molecule has 1 heterocycles. The van der Waals surface area contributed by atoms with E-state index < -0.39 is 31.4 Å². The van der Waals surface area contributed by atoms with Crippen molar-refractivity contribution in [2.75, 3.05) is 20.1 Å². The number of benzene rings is 2. The summed E-state index contributed by atoms with van der Waals surface area (Å²) in [5.74, 6) is -1.12. The first-order chi connectivity index (χ1) is 13.8. The smallest absolute Gasteiger partial charge is 0.261 e. The highest BCUT2D eigenvalue weighted by Gasteiger charge is 2.49. The minimum absolute atomic E-state index is 0.0872. The Kier molecular flexibility index (Phi) is 5.37. The summed E-state index contributed by atoms with van der Waals surface area (Å²) < 4.78 is 53.1. The lowest BCUT2D eigenvalue weighted by atomic mass is 9.95. The Bertz CT molecular complexity index is 1200. The number of nitrogens with zero attached hydrogens (tertiary/aromatic N) is 1. The van der Waals surface area contributed by atoms with E-state index >= 15 is 0 Å². The number of hydrogen-bond acceptors (Lipinski definition) is 6. The van der Waals surface area contributed by atoms with E-state index in [4.69, 9.17) is 0 Å². The molecule has 0 aromatic heterocycles. The number of carbonyl (C=O) groups is 2. The molecule has 2 aromatic rings. The first kappa shape index (κ1) is 21.8. The van der Waals surface area contributed by atoms with Crippen molar-refractivity contribution in [2.24, 2.45) is 5.41 Å². The van der Waals surface area contributed by atoms with Crippen molar-refractivity contribution >= 4 is 48.9 Å². The van der Waals surface area contributed by atoms with E-state index in [0.717, 1.165) is 4.31 Å². The molecule has 3 rings (SSSR count). The highest BCUT2D eigenvalue weighted by atomic mass is 32.2. The van der Waals surface area contributed by atoms with Gasteiger partial charge in [0, 0.05) is 18.3 Å². The zero-order chi connectivity index (χ0) is 22.3. The Morgan fingerprint density at radius 3 is 2.00 bits per heavy atom. The molecular formula is C19H21N3O6S2. The fraction of sp³-hybridized carbons (Fsp3) is 0.263. The van der Waals surface area contributed by atoms with Crippen LogP contribution in [-0.4, -0.2) is 34.4 Å². The summed E-state index contributed by atoms with van der Waals surface area (Å²) in [5.41, 5.74) is -0.153. The van der Waals surface area contributed by atoms with Gasteiger partial charge in [-0.1, -0.05) is 0 Å². The molecule has 0 radical (unpaired) electrons. The molecule has 0 spiro atoms. The van der Waals surface area contributed by atoms with E-state index in [-0.39, 0.29) is 27.9 Å². The maximum atomic E-state index is 12.6. The van der Waals surface area contributed by atoms with Crippen LogP contribution in [0.4, 0.5) is 17.1 Å². The van der Waals surface area contributed by atoms with E-state index in [9.17, 15) is 26.4 Å². The highest BCUT2D eigenvalue weighted by molar-refractivity contribution is 7.94. The van der Waals surface area contributed by atoms with Crippen LogP contribution in [0.1, 0.15) is 20.8 Å². The third-order valence-corrected chi connectivity index (χ3v) is 7.84. The molecule has 1 aliphatic rings. The van der Waals surface area contributed by atoms with Crippen LogP contribution in [-0.2, 0) is 29.6 Å². The van der Waals surface area contributed by atoms with Gasteiger partial charge >= 0.3 is 0 Å². The predicted molar refractivity (Wildman–Crippen MR) is 113 cm³/mol. The van der Waals surface area contributed by atoms with Gasteiger partial charge in [-0.15, -0.1) is 0 Å². The Labute approximate surface area is 175 Å². The summed E-state index contributed by atoms with van der Waals surface area (Å²) in [6.07, 6.45) is 0. The van der Waals surface area contributed by atoms with Gasteiger partial charge in [0.15, 0.2) is 0 Å². The molecule has 0 saturated carbocycles. The number of rotatable bonds is 5. The first-order valence-corrected chi connectivity index (χ1v) is 12.0. The van der Waals surface area contributed by atoms with E-state index in [1.165, 1.54) is 43.3 Å². The van der Waals surface area contributed by atoms with Gasteiger partial charge in [-0.3, -0.25) is 14.3 Å². The molecule has 0 aliphatic carbocycles. The molecule has 0 bridgehead atoms. The minimum atomic E-state index is -3.94. The minimum Gasteiger partial charge on any atom is -0.326 e. The first-order valence-electron chi connectivity index (χ1n) is 8.90. The van der Waals surface area contributed by atoms with Crippen LogP contribution in [0.15, 0.2) is 53.4 Å². The van der Waals surface area contributed by atoms with Crippen molar-refractivity contribution in [3.63, 3.8) is 0 Å². The predicted octanol–water partition coefficient (Wildman–Crippen LogP) is 2.15. The zero-order valence-electron chi connectivity index (χ0n) is 16.5. The average molecular weight is 452 g/mol. The lowest BCUT2D eigenvalue weighted by Gasteiger charge is -2.17. The molecule has 30 heavy (non-hydrogen) atoms. The van der Waals surface area contributed by atoms with Gasteiger partial charge in [0.25, 0.3) is 10.0 Å². The molecular weight excluding hydrogens is 430 g/mol. The van der Waals surface area contributed by atoms with Crippen molar-refractivity contribution in [3.05, 3.63) is 48.5 Å². The zero-order valence-corrected chi connectivity index (χ0v) is 18.2. The van der Waals surface area contributed by atoms with E-state index in [0.29, 0.717) is 5.69 Å². The van der Waals surface area contributed by atoms with Gasteiger partial charge < -0.3 is 5.32 Å². The Morgan fingerprint density at radius 1 is 1.00 bits per heavy atom. The number of amides is 2. The maximum absolute atomic E-state index is 12.6. The van der Waals surface area contributed by atoms with Crippen molar-refractivity contribution in [1.29, 1.82) is 0 Å². The van der Waals surface area contributed by atoms with E-state index in [2.05, 4.69) is 10.0 Å². The van der Waals surface area contributed by atoms with Crippen molar-refractivity contribution in [2.45, 2.75) is 25.7 Å². The molecule has 1 aliphatic heterocycles. The molecule has 9 nitrogen and oxygen atoms in total. The maximum Gasteiger partial charge on any atom is 0.261 e. The van der Waals surface area contributed by atoms with E-state index in [1.807, 2.05) is 0 Å². The molecule has 160 valence electrons. The second kappa shape index (κ2) is 7.40. The summed E-state index contributed by atoms with van der Waals surface area (Å²) in [7, 11) is -7.76. The molecule has 0 atom stereocenters. The Hall–Kier alpha value is -2.92. The molecule has 0 unspecified atom stereocenters. The van der Waals surface area contributed by atoms with Crippen LogP contribution in [0.3, 0.4) is 0 Å². The SMILES string of the molecule is CC(=O)Nc1ccc(NS(=O)(=O)c2ccc(N3C(=O)C(C)(C)CS3(=O)=O)cc2)cc1. The largest absolute Gasteiger partial charge is 0.326 e. The molecule has 11 heteroatoms. The number of nitrogens with one attached hydrogen (secondary N) is 2. The van der Waals surface area contributed by atoms with Crippen LogP contribution in [0.2, 0.25) is 0 Å². The molecule has 2 amide bonds. The monoisotopic (exact) mass is 451 g/mol. The van der Waals surface area contributed by atoms with Crippen molar-refractivity contribution in [1.82, 2.24) is 0 Å². The third kappa shape index (κ3) is 4.31. The number of hydrogen-bond donors (Lipinski definition) is 2. The molecule has 1 saturated heterocycles. The fourth-order valence-electron chi connectivity index (χ4n) is 3.06. The molecule has 2 N–H and O–H groups in total. The van der Waals surface area contributed by atoms with Gasteiger partial charge in [0.1, 0.15) is 0 Å². The van der Waals surface area contributed by atoms with Crippen molar-refractivity contribution < 1.29 is 26.4 Å². The highest BCUT2D eigenvalue weighted by Crippen LogP contribution is 2.36. The second-order valence-corrected chi connectivity index (χ2v) is 11.1. The van der Waals surface area contributed by atoms with Crippen molar-refractivity contribution in [3.8, 4) is 0 Å². The summed E-state index contributed by atoms with van der Waals surface area (Å²) in [4.78, 5) is 23.4. The van der Waals surface area contributed by atoms with Gasteiger partial charge in [0.2, 0.25) is 21.8 Å². The van der Waals surface area contributed by atoms with Crippen LogP contribution in [0.25, 0.3) is 0 Å². The van der Waals surface area contributed by atoms with Crippen LogP contribution >= 0.6 is 0 Å². The molecule has 2 aromatic carbocycles. The standard InChI is InChI=1S/C19H21N3O6S2/c1-13(23)20-14-4-6-15(7-5-14)21-30(27,28)17-10-8-16(9-11-17)22-18(24)19(2,3)12-29(22,25)26/h4-11,21H,12H2,1-3H3,(H,20,23). The van der Waals surface area contributed by atoms with Gasteiger partial charge in [-0.25, -0.2) is 21.1 Å². The van der Waals surface area contributed by atoms with Crippen LogP contribution < -0.4 is 14.3 Å². The van der Waals surface area contributed by atoms with Gasteiger partial charge in [0.05, 0.1) is 21.8 Å². The lowest BCUT2D eigenvalue weighted by Crippen LogP contribution is -2.32.